The van der Waals surface area contributed by atoms with Gasteiger partial charge in [-0.2, -0.15) is 4.31 Å². The molecule has 7 nitrogen and oxygen atoms in total. The highest BCUT2D eigenvalue weighted by molar-refractivity contribution is 7.89. The van der Waals surface area contributed by atoms with Crippen molar-refractivity contribution in [2.75, 3.05) is 26.2 Å². The van der Waals surface area contributed by atoms with E-state index < -0.39 is 10.0 Å². The molecule has 1 saturated heterocycles. The van der Waals surface area contributed by atoms with Crippen LogP contribution in [0.1, 0.15) is 11.3 Å². The molecular weight excluding hydrogens is 376 g/mol. The number of aryl methyl sites for hydroxylation is 1. The molecular formula is C20H22N4O3S. The summed E-state index contributed by atoms with van der Waals surface area (Å²) in [7, 11) is -3.46. The van der Waals surface area contributed by atoms with Gasteiger partial charge in [-0.15, -0.1) is 0 Å². The summed E-state index contributed by atoms with van der Waals surface area (Å²) in [5, 5.41) is 0. The molecule has 146 valence electrons. The van der Waals surface area contributed by atoms with Gasteiger partial charge in [-0.05, 0) is 30.7 Å². The van der Waals surface area contributed by atoms with Gasteiger partial charge in [0.25, 0.3) is 5.56 Å². The first-order valence-electron chi connectivity index (χ1n) is 9.20. The minimum atomic E-state index is -3.46. The fraction of sp³-hybridized carbons (Fsp3) is 0.300. The van der Waals surface area contributed by atoms with Crippen molar-refractivity contribution in [1.29, 1.82) is 0 Å². The fourth-order valence-electron chi connectivity index (χ4n) is 3.44. The van der Waals surface area contributed by atoms with Crippen molar-refractivity contribution in [3.8, 4) is 0 Å². The Bertz CT molecular complexity index is 1150. The van der Waals surface area contributed by atoms with Gasteiger partial charge in [0.1, 0.15) is 5.65 Å². The van der Waals surface area contributed by atoms with E-state index in [2.05, 4.69) is 9.88 Å². The van der Waals surface area contributed by atoms with E-state index in [1.165, 1.54) is 4.31 Å². The van der Waals surface area contributed by atoms with Gasteiger partial charge in [-0.1, -0.05) is 24.3 Å². The standard InChI is InChI=1S/C20H22N4O3S/c1-16-7-8-19-21-17(13-20(25)24(19)14-16)15-22-9-11-23(12-10-22)28(26,27)18-5-3-2-4-6-18/h2-8,13-14H,9-12,15H2,1H3. The Morgan fingerprint density at radius 1 is 1.00 bits per heavy atom. The summed E-state index contributed by atoms with van der Waals surface area (Å²) in [5.74, 6) is 0. The van der Waals surface area contributed by atoms with Crippen molar-refractivity contribution in [3.05, 3.63) is 76.3 Å². The maximum Gasteiger partial charge on any atom is 0.258 e. The largest absolute Gasteiger partial charge is 0.295 e. The maximum atomic E-state index is 12.7. The van der Waals surface area contributed by atoms with Gasteiger partial charge in [0.05, 0.1) is 10.6 Å². The van der Waals surface area contributed by atoms with E-state index >= 15 is 0 Å². The molecule has 28 heavy (non-hydrogen) atoms. The molecule has 2 aromatic heterocycles. The number of nitrogens with zero attached hydrogens (tertiary/aromatic N) is 4. The highest BCUT2D eigenvalue weighted by Gasteiger charge is 2.28. The normalized spacial score (nSPS) is 16.5. The van der Waals surface area contributed by atoms with Crippen LogP contribution >= 0.6 is 0 Å². The smallest absolute Gasteiger partial charge is 0.258 e. The summed E-state index contributed by atoms with van der Waals surface area (Å²) >= 11 is 0. The number of pyridine rings is 1. The number of hydrogen-bond acceptors (Lipinski definition) is 5. The number of fused-ring (bicyclic) bond motifs is 1. The zero-order valence-corrected chi connectivity index (χ0v) is 16.5. The van der Waals surface area contributed by atoms with Crippen molar-refractivity contribution in [2.24, 2.45) is 0 Å². The van der Waals surface area contributed by atoms with Gasteiger partial charge in [0.2, 0.25) is 10.0 Å². The second-order valence-corrected chi connectivity index (χ2v) is 8.95. The Morgan fingerprint density at radius 2 is 1.71 bits per heavy atom. The minimum Gasteiger partial charge on any atom is -0.295 e. The number of rotatable bonds is 4. The maximum absolute atomic E-state index is 12.7. The first-order valence-corrected chi connectivity index (χ1v) is 10.6. The molecule has 4 rings (SSSR count). The Labute approximate surface area is 163 Å². The quantitative estimate of drug-likeness (QED) is 0.666. The van der Waals surface area contributed by atoms with Crippen molar-refractivity contribution in [3.63, 3.8) is 0 Å². The van der Waals surface area contributed by atoms with Crippen LogP contribution in [0.4, 0.5) is 0 Å². The van der Waals surface area contributed by atoms with Crippen LogP contribution < -0.4 is 5.56 Å². The van der Waals surface area contributed by atoms with Crippen LogP contribution in [0.2, 0.25) is 0 Å². The molecule has 8 heteroatoms. The van der Waals surface area contributed by atoms with Crippen LogP contribution in [0.3, 0.4) is 0 Å². The molecule has 0 radical (unpaired) electrons. The van der Waals surface area contributed by atoms with E-state index in [0.29, 0.717) is 49.0 Å². The lowest BCUT2D eigenvalue weighted by Crippen LogP contribution is -2.48. The molecule has 3 aromatic rings. The van der Waals surface area contributed by atoms with E-state index in [1.54, 1.807) is 47.0 Å². The Morgan fingerprint density at radius 3 is 2.43 bits per heavy atom. The molecule has 1 fully saturated rings. The van der Waals surface area contributed by atoms with Crippen LogP contribution in [0.25, 0.3) is 5.65 Å². The van der Waals surface area contributed by atoms with Crippen LogP contribution in [-0.2, 0) is 16.6 Å². The summed E-state index contributed by atoms with van der Waals surface area (Å²) in [6.07, 6.45) is 1.78. The third kappa shape index (κ3) is 3.71. The highest BCUT2D eigenvalue weighted by atomic mass is 32.2. The van der Waals surface area contributed by atoms with Crippen LogP contribution in [-0.4, -0.2) is 53.2 Å². The average Bonchev–Trinajstić information content (AvgIpc) is 2.70. The van der Waals surface area contributed by atoms with Crippen molar-refractivity contribution in [2.45, 2.75) is 18.4 Å². The average molecular weight is 398 g/mol. The number of piperazine rings is 1. The molecule has 1 aliphatic heterocycles. The molecule has 1 aliphatic rings. The summed E-state index contributed by atoms with van der Waals surface area (Å²) in [4.78, 5) is 19.4. The number of hydrogen-bond donors (Lipinski definition) is 0. The Kier molecular flexibility index (Phi) is 5.01. The van der Waals surface area contributed by atoms with Crippen molar-refractivity contribution in [1.82, 2.24) is 18.6 Å². The number of sulfonamides is 1. The zero-order chi connectivity index (χ0) is 19.7. The Hall–Kier alpha value is -2.55. The lowest BCUT2D eigenvalue weighted by atomic mass is 10.3. The number of aromatic nitrogens is 2. The summed E-state index contributed by atoms with van der Waals surface area (Å²) in [5.41, 5.74) is 2.22. The van der Waals surface area contributed by atoms with E-state index in [-0.39, 0.29) is 5.56 Å². The van der Waals surface area contributed by atoms with Crippen LogP contribution in [0.15, 0.2) is 64.4 Å². The molecule has 1 aromatic carbocycles. The molecule has 0 spiro atoms. The van der Waals surface area contributed by atoms with E-state index in [9.17, 15) is 13.2 Å². The van der Waals surface area contributed by atoms with Crippen molar-refractivity contribution < 1.29 is 8.42 Å². The first-order chi connectivity index (χ1) is 13.4. The lowest BCUT2D eigenvalue weighted by molar-refractivity contribution is 0.180. The molecule has 0 saturated carbocycles. The first kappa shape index (κ1) is 18.8. The molecule has 0 atom stereocenters. The SMILES string of the molecule is Cc1ccc2nc(CN3CCN(S(=O)(=O)c4ccccc4)CC3)cc(=O)n2c1. The van der Waals surface area contributed by atoms with Gasteiger partial charge in [-0.25, -0.2) is 13.4 Å². The van der Waals surface area contributed by atoms with Gasteiger partial charge < -0.3 is 0 Å². The molecule has 0 bridgehead atoms. The second-order valence-electron chi connectivity index (χ2n) is 7.01. The molecule has 0 N–H and O–H groups in total. The van der Waals surface area contributed by atoms with Gasteiger partial charge >= 0.3 is 0 Å². The summed E-state index contributed by atoms with van der Waals surface area (Å²) in [6, 6.07) is 13.8. The monoisotopic (exact) mass is 398 g/mol. The van der Waals surface area contributed by atoms with Crippen molar-refractivity contribution >= 4 is 15.7 Å². The molecule has 0 amide bonds. The van der Waals surface area contributed by atoms with Gasteiger partial charge in [0.15, 0.2) is 0 Å². The summed E-state index contributed by atoms with van der Waals surface area (Å²) in [6.45, 7) is 4.50. The lowest BCUT2D eigenvalue weighted by Gasteiger charge is -2.33. The number of benzene rings is 1. The van der Waals surface area contributed by atoms with Crippen LogP contribution in [0, 0.1) is 6.92 Å². The molecule has 3 heterocycles. The summed E-state index contributed by atoms with van der Waals surface area (Å²) < 4.78 is 28.5. The topological polar surface area (TPSA) is 75.0 Å². The third-order valence-corrected chi connectivity index (χ3v) is 6.87. The third-order valence-electron chi connectivity index (χ3n) is 4.96. The highest BCUT2D eigenvalue weighted by Crippen LogP contribution is 2.18. The zero-order valence-electron chi connectivity index (χ0n) is 15.7. The van der Waals surface area contributed by atoms with Gasteiger partial charge in [0, 0.05) is 45.0 Å². The van der Waals surface area contributed by atoms with Gasteiger partial charge in [-0.3, -0.25) is 14.1 Å². The van der Waals surface area contributed by atoms with E-state index in [1.807, 2.05) is 19.1 Å². The molecule has 0 aliphatic carbocycles. The molecule has 0 unspecified atom stereocenters. The predicted molar refractivity (Wildman–Crippen MR) is 107 cm³/mol. The second kappa shape index (κ2) is 7.46. The predicted octanol–water partition coefficient (Wildman–Crippen LogP) is 1.51. The van der Waals surface area contributed by atoms with E-state index in [4.69, 9.17) is 0 Å². The van der Waals surface area contributed by atoms with Crippen LogP contribution in [0.5, 0.6) is 0 Å². The minimum absolute atomic E-state index is 0.103. The Balaban J connectivity index is 1.46. The van der Waals surface area contributed by atoms with E-state index in [0.717, 1.165) is 5.56 Å². The fourth-order valence-corrected chi connectivity index (χ4v) is 4.88.